The van der Waals surface area contributed by atoms with Crippen LogP contribution in [-0.2, 0) is 0 Å². The highest BCUT2D eigenvalue weighted by atomic mass is 14.6. The zero-order chi connectivity index (χ0) is 16.3. The molecule has 0 amide bonds. The first-order valence-electron chi connectivity index (χ1n) is 9.57. The molecule has 0 aromatic heterocycles. The maximum absolute atomic E-state index is 4.21. The van der Waals surface area contributed by atoms with Crippen molar-refractivity contribution in [2.24, 2.45) is 40.4 Å². The smallest absolute Gasteiger partial charge is 0.0146 e. The van der Waals surface area contributed by atoms with Crippen molar-refractivity contribution in [3.05, 3.63) is 23.8 Å². The summed E-state index contributed by atoms with van der Waals surface area (Å²) in [7, 11) is 0. The summed E-state index contributed by atoms with van der Waals surface area (Å²) in [5, 5.41) is 0. The molecule has 0 aromatic carbocycles. The Morgan fingerprint density at radius 1 is 1.00 bits per heavy atom. The molecule has 0 radical (unpaired) electrons. The first-order valence-corrected chi connectivity index (χ1v) is 9.57. The van der Waals surface area contributed by atoms with Crippen molar-refractivity contribution < 1.29 is 0 Å². The van der Waals surface area contributed by atoms with E-state index in [0.717, 1.165) is 29.6 Å². The van der Waals surface area contributed by atoms with E-state index in [-0.39, 0.29) is 0 Å². The van der Waals surface area contributed by atoms with Crippen LogP contribution in [0.25, 0.3) is 0 Å². The molecule has 4 bridgehead atoms. The zero-order valence-electron chi connectivity index (χ0n) is 15.7. The highest BCUT2D eigenvalue weighted by Gasteiger charge is 2.53. The SMILES string of the molecule is C=C1C(C)C[C@@H]2C[C@H]1C2(C)C.CCC1=CC[C@@H]2C[C@H]1C2(C)C. The standard InChI is InChI=1S/2C11H18/c1-7-5-9-6-10(8(7)2)11(9,3)4;1-4-8-5-6-9-7-10(8)11(9,2)3/h7,9-10H,2,5-6H2,1,3-4H3;5,9-10H,4,6-7H2,1-3H3/t7?,9-,10-;9-,10-/m11/s1. The highest BCUT2D eigenvalue weighted by molar-refractivity contribution is 5.23. The molecule has 0 spiro atoms. The van der Waals surface area contributed by atoms with Crippen molar-refractivity contribution in [2.45, 2.75) is 73.6 Å². The van der Waals surface area contributed by atoms with Crippen molar-refractivity contribution in [1.82, 2.24) is 0 Å². The molecule has 4 saturated carbocycles. The summed E-state index contributed by atoms with van der Waals surface area (Å²) in [5.41, 5.74) is 4.49. The van der Waals surface area contributed by atoms with E-state index in [2.05, 4.69) is 54.2 Å². The largest absolute Gasteiger partial charge is 0.0993 e. The first-order chi connectivity index (χ1) is 10.2. The Bertz CT molecular complexity index is 488. The lowest BCUT2D eigenvalue weighted by atomic mass is 9.45. The van der Waals surface area contributed by atoms with E-state index in [1.807, 2.05) is 0 Å². The molecule has 6 aliphatic carbocycles. The Kier molecular flexibility index (Phi) is 3.90. The van der Waals surface area contributed by atoms with Crippen LogP contribution in [0, 0.1) is 40.4 Å². The molecule has 1 unspecified atom stereocenters. The molecular formula is C22H36. The molecule has 0 N–H and O–H groups in total. The normalized spacial score (nSPS) is 43.1. The molecule has 0 nitrogen and oxygen atoms in total. The van der Waals surface area contributed by atoms with Gasteiger partial charge in [-0.05, 0) is 72.5 Å². The average molecular weight is 301 g/mol. The molecule has 0 aromatic rings. The van der Waals surface area contributed by atoms with Crippen LogP contribution in [0.1, 0.15) is 73.6 Å². The van der Waals surface area contributed by atoms with Gasteiger partial charge < -0.3 is 0 Å². The van der Waals surface area contributed by atoms with Gasteiger partial charge in [-0.15, -0.1) is 0 Å². The molecule has 6 aliphatic rings. The minimum atomic E-state index is 0.587. The summed E-state index contributed by atoms with van der Waals surface area (Å²) in [6, 6.07) is 0. The Balaban J connectivity index is 0.000000131. The van der Waals surface area contributed by atoms with Crippen molar-refractivity contribution in [1.29, 1.82) is 0 Å². The lowest BCUT2D eigenvalue weighted by Gasteiger charge is -2.59. The van der Waals surface area contributed by atoms with Gasteiger partial charge in [-0.2, -0.15) is 0 Å². The van der Waals surface area contributed by atoms with Crippen LogP contribution in [0.4, 0.5) is 0 Å². The maximum atomic E-state index is 4.21. The summed E-state index contributed by atoms with van der Waals surface area (Å²) in [6.07, 6.45) is 9.42. The Morgan fingerprint density at radius 2 is 1.59 bits per heavy atom. The van der Waals surface area contributed by atoms with Gasteiger partial charge in [0.25, 0.3) is 0 Å². The molecule has 0 aliphatic heterocycles. The van der Waals surface area contributed by atoms with Gasteiger partial charge >= 0.3 is 0 Å². The minimum Gasteiger partial charge on any atom is -0.0993 e. The monoisotopic (exact) mass is 300 g/mol. The van der Waals surface area contributed by atoms with Gasteiger partial charge in [-0.25, -0.2) is 0 Å². The lowest BCUT2D eigenvalue weighted by molar-refractivity contribution is -0.0438. The van der Waals surface area contributed by atoms with E-state index in [1.165, 1.54) is 37.7 Å². The Labute approximate surface area is 138 Å². The van der Waals surface area contributed by atoms with E-state index < -0.39 is 0 Å². The molecular weight excluding hydrogens is 264 g/mol. The van der Waals surface area contributed by atoms with Crippen LogP contribution in [-0.4, -0.2) is 0 Å². The number of allylic oxidation sites excluding steroid dienone is 3. The molecule has 6 rings (SSSR count). The summed E-state index contributed by atoms with van der Waals surface area (Å²) in [6.45, 7) is 18.5. The average Bonchev–Trinajstić information content (AvgIpc) is 2.49. The second-order valence-corrected chi connectivity index (χ2v) is 9.69. The number of fused-ring (bicyclic) bond motifs is 3. The zero-order valence-corrected chi connectivity index (χ0v) is 15.7. The molecule has 0 heteroatoms. The van der Waals surface area contributed by atoms with Crippen molar-refractivity contribution >= 4 is 0 Å². The fraction of sp³-hybridized carbons (Fsp3) is 0.818. The maximum Gasteiger partial charge on any atom is -0.0146 e. The van der Waals surface area contributed by atoms with Crippen LogP contribution in [0.15, 0.2) is 23.8 Å². The predicted molar refractivity (Wildman–Crippen MR) is 96.7 cm³/mol. The minimum absolute atomic E-state index is 0.587. The van der Waals surface area contributed by atoms with Crippen LogP contribution in [0.2, 0.25) is 0 Å². The summed E-state index contributed by atoms with van der Waals surface area (Å²) >= 11 is 0. The third-order valence-electron chi connectivity index (χ3n) is 8.18. The van der Waals surface area contributed by atoms with Gasteiger partial charge in [0, 0.05) is 0 Å². The second kappa shape index (κ2) is 5.25. The molecule has 0 saturated heterocycles. The van der Waals surface area contributed by atoms with Crippen molar-refractivity contribution in [2.75, 3.05) is 0 Å². The Morgan fingerprint density at radius 3 is 1.95 bits per heavy atom. The van der Waals surface area contributed by atoms with E-state index in [4.69, 9.17) is 0 Å². The van der Waals surface area contributed by atoms with Gasteiger partial charge in [-0.1, -0.05) is 65.3 Å². The van der Waals surface area contributed by atoms with Crippen LogP contribution in [0.5, 0.6) is 0 Å². The topological polar surface area (TPSA) is 0 Å². The third-order valence-corrected chi connectivity index (χ3v) is 8.18. The van der Waals surface area contributed by atoms with Gasteiger partial charge in [0.15, 0.2) is 0 Å². The number of hydrogen-bond acceptors (Lipinski definition) is 0. The fourth-order valence-corrected chi connectivity index (χ4v) is 5.84. The predicted octanol–water partition coefficient (Wildman–Crippen LogP) is 6.63. The van der Waals surface area contributed by atoms with E-state index in [9.17, 15) is 0 Å². The van der Waals surface area contributed by atoms with Crippen LogP contribution in [0.3, 0.4) is 0 Å². The third kappa shape index (κ3) is 2.24. The Hall–Kier alpha value is -0.520. The molecule has 5 atom stereocenters. The number of hydrogen-bond donors (Lipinski definition) is 0. The fourth-order valence-electron chi connectivity index (χ4n) is 5.84. The van der Waals surface area contributed by atoms with Crippen LogP contribution < -0.4 is 0 Å². The highest BCUT2D eigenvalue weighted by Crippen LogP contribution is 2.62. The summed E-state index contributed by atoms with van der Waals surface area (Å²) in [4.78, 5) is 0. The molecule has 4 fully saturated rings. The van der Waals surface area contributed by atoms with E-state index in [1.54, 1.807) is 5.57 Å². The molecule has 0 heterocycles. The van der Waals surface area contributed by atoms with Gasteiger partial charge in [0.05, 0.1) is 0 Å². The van der Waals surface area contributed by atoms with E-state index >= 15 is 0 Å². The molecule has 22 heavy (non-hydrogen) atoms. The van der Waals surface area contributed by atoms with Crippen molar-refractivity contribution in [3.8, 4) is 0 Å². The van der Waals surface area contributed by atoms with Gasteiger partial charge in [0.1, 0.15) is 0 Å². The quantitative estimate of drug-likeness (QED) is 0.476. The molecule has 124 valence electrons. The lowest BCUT2D eigenvalue weighted by Crippen LogP contribution is -2.51. The second-order valence-electron chi connectivity index (χ2n) is 9.69. The van der Waals surface area contributed by atoms with Crippen molar-refractivity contribution in [3.63, 3.8) is 0 Å². The summed E-state index contributed by atoms with van der Waals surface area (Å²) < 4.78 is 0. The van der Waals surface area contributed by atoms with Gasteiger partial charge in [0.2, 0.25) is 0 Å². The van der Waals surface area contributed by atoms with Gasteiger partial charge in [-0.3, -0.25) is 0 Å². The summed E-state index contributed by atoms with van der Waals surface area (Å²) in [5.74, 6) is 4.57. The van der Waals surface area contributed by atoms with Crippen LogP contribution >= 0.6 is 0 Å². The number of rotatable bonds is 1. The first kappa shape index (κ1) is 16.3. The van der Waals surface area contributed by atoms with E-state index in [0.29, 0.717) is 10.8 Å².